The van der Waals surface area contributed by atoms with Crippen molar-refractivity contribution in [3.63, 3.8) is 0 Å². The molecule has 70 heavy (non-hydrogen) atoms. The van der Waals surface area contributed by atoms with Crippen molar-refractivity contribution in [2.75, 3.05) is 102 Å². The molecule has 4 aromatic carbocycles. The third-order valence-electron chi connectivity index (χ3n) is 10.4. The summed E-state index contributed by atoms with van der Waals surface area (Å²) in [6.07, 6.45) is 0. The van der Waals surface area contributed by atoms with Crippen molar-refractivity contribution in [2.45, 2.75) is 29.4 Å². The van der Waals surface area contributed by atoms with Gasteiger partial charge in [0.05, 0.1) is 49.4 Å². The minimum Gasteiger partial charge on any atom is -0.504 e. The average Bonchev–Trinajstić information content (AvgIpc) is 3.33. The number of hydrogen-bond donors (Lipinski definition) is 6. The molecule has 2 aliphatic rings. The van der Waals surface area contributed by atoms with Crippen LogP contribution in [0.3, 0.4) is 0 Å². The second-order valence-corrected chi connectivity index (χ2v) is 23.9. The van der Waals surface area contributed by atoms with E-state index < -0.39 is 84.5 Å². The Bertz CT molecular complexity index is 2900. The van der Waals surface area contributed by atoms with Gasteiger partial charge in [-0.25, -0.2) is 16.8 Å². The second-order valence-electron chi connectivity index (χ2n) is 15.0. The Kier molecular flexibility index (Phi) is 18.2. The van der Waals surface area contributed by atoms with E-state index >= 15 is 0 Å². The number of nitrogens with one attached hydrogen (secondary N) is 2. The number of benzene rings is 4. The van der Waals surface area contributed by atoms with E-state index in [9.17, 15) is 62.6 Å². The monoisotopic (exact) mass is 1090 g/mol. The van der Waals surface area contributed by atoms with E-state index in [-0.39, 0.29) is 84.9 Å². The SMILES string of the molecule is COCCSc1ccc(C(=O)Nc2ccc(/C(O)=C(\O)c3ccc(NC(=O)c4ccc(SCCOC)c(S(=O)(=O)N5CCOCC5)c4)cc3S(=O)(=O)O)c(S(=O)(=O)O)c2)cc1S(=O)(=O)N1CCOCC1. The predicted octanol–water partition coefficient (Wildman–Crippen LogP) is 4.15. The zero-order valence-corrected chi connectivity index (χ0v) is 42.2. The summed E-state index contributed by atoms with van der Waals surface area (Å²) in [5.41, 5.74) is -2.53. The highest BCUT2D eigenvalue weighted by atomic mass is 32.2. The largest absolute Gasteiger partial charge is 0.504 e. The molecule has 28 heteroatoms. The number of sulfonamides is 2. The molecule has 2 aliphatic heterocycles. The lowest BCUT2D eigenvalue weighted by Crippen LogP contribution is -2.40. The Morgan fingerprint density at radius 1 is 0.557 bits per heavy atom. The van der Waals surface area contributed by atoms with Crippen LogP contribution in [-0.2, 0) is 59.2 Å². The first kappa shape index (κ1) is 54.7. The molecule has 0 unspecified atom stereocenters. The lowest BCUT2D eigenvalue weighted by molar-refractivity contribution is 0.0729. The number of hydrogen-bond acceptors (Lipinski definition) is 18. The molecule has 2 fully saturated rings. The molecular weight excluding hydrogens is 1040 g/mol. The van der Waals surface area contributed by atoms with Gasteiger partial charge in [-0.3, -0.25) is 18.7 Å². The Morgan fingerprint density at radius 3 is 1.24 bits per heavy atom. The Morgan fingerprint density at radius 2 is 0.914 bits per heavy atom. The molecule has 0 radical (unpaired) electrons. The molecular formula is C42H48N4O18S6. The van der Waals surface area contributed by atoms with E-state index in [2.05, 4.69) is 10.6 Å². The lowest BCUT2D eigenvalue weighted by atomic mass is 10.1. The van der Waals surface area contributed by atoms with E-state index in [0.29, 0.717) is 46.6 Å². The number of rotatable bonds is 20. The van der Waals surface area contributed by atoms with Gasteiger partial charge in [-0.05, 0) is 72.8 Å². The smallest absolute Gasteiger partial charge is 0.295 e. The van der Waals surface area contributed by atoms with Gasteiger partial charge in [0.2, 0.25) is 20.0 Å². The first-order valence-electron chi connectivity index (χ1n) is 20.7. The minimum absolute atomic E-state index is 0.0728. The number of carbonyl (C=O) groups excluding carboxylic acids is 2. The molecule has 0 aromatic heterocycles. The first-order valence-corrected chi connectivity index (χ1v) is 28.5. The zero-order chi connectivity index (χ0) is 51.0. The molecule has 6 rings (SSSR count). The standard InChI is InChI=1S/C42H48N4O18S6/c1-61-19-21-65-33-9-3-27(23-37(33)67(51,52)45-11-15-63-16-12-45)41(49)43-29-5-7-31(35(25-29)69(55,56)57)39(47)40(48)32-8-6-30(26-36(32)70(58,59)60)44-42(50)28-4-10-34(66-22-20-62-2)38(24-28)68(53,54)46-13-17-64-18-14-46/h3-10,23-26,47-48H,11-22H2,1-2H3,(H,43,49)(H,44,50)(H,55,56,57)(H,58,59,60)/b40-39+. The second kappa shape index (κ2) is 23.3. The van der Waals surface area contributed by atoms with E-state index in [4.69, 9.17) is 18.9 Å². The summed E-state index contributed by atoms with van der Waals surface area (Å²) in [5, 5.41) is 27.3. The van der Waals surface area contributed by atoms with Gasteiger partial charge in [-0.15, -0.1) is 23.5 Å². The zero-order valence-electron chi connectivity index (χ0n) is 37.3. The molecule has 2 saturated heterocycles. The number of methoxy groups -OCH3 is 2. The molecule has 2 amide bonds. The molecule has 380 valence electrons. The quantitative estimate of drug-likeness (QED) is 0.0238. The van der Waals surface area contributed by atoms with Crippen LogP contribution in [0.25, 0.3) is 11.5 Å². The highest BCUT2D eigenvalue weighted by molar-refractivity contribution is 8.00. The molecule has 0 spiro atoms. The van der Waals surface area contributed by atoms with Crippen LogP contribution < -0.4 is 10.6 Å². The minimum atomic E-state index is -5.32. The third kappa shape index (κ3) is 13.1. The van der Waals surface area contributed by atoms with Crippen LogP contribution in [0.2, 0.25) is 0 Å². The molecule has 4 aromatic rings. The lowest BCUT2D eigenvalue weighted by Gasteiger charge is -2.27. The van der Waals surface area contributed by atoms with E-state index in [1.165, 1.54) is 70.6 Å². The topological polar surface area (TPSA) is 319 Å². The van der Waals surface area contributed by atoms with Gasteiger partial charge in [-0.2, -0.15) is 25.4 Å². The third-order valence-corrected chi connectivity index (χ3v) is 18.4. The average molecular weight is 1090 g/mol. The Labute approximate surface area is 412 Å². The van der Waals surface area contributed by atoms with Crippen molar-refractivity contribution in [3.05, 3.63) is 95.1 Å². The van der Waals surface area contributed by atoms with Crippen molar-refractivity contribution in [2.24, 2.45) is 0 Å². The van der Waals surface area contributed by atoms with Crippen LogP contribution in [0, 0.1) is 0 Å². The van der Waals surface area contributed by atoms with Crippen molar-refractivity contribution in [1.29, 1.82) is 0 Å². The van der Waals surface area contributed by atoms with Crippen LogP contribution in [-0.4, -0.2) is 165 Å². The molecule has 0 saturated carbocycles. The van der Waals surface area contributed by atoms with Gasteiger partial charge >= 0.3 is 0 Å². The summed E-state index contributed by atoms with van der Waals surface area (Å²) in [5.74, 6) is -3.72. The number of ether oxygens (including phenoxy) is 4. The number of carbonyl (C=O) groups is 2. The molecule has 22 nitrogen and oxygen atoms in total. The summed E-state index contributed by atoms with van der Waals surface area (Å²) >= 11 is 2.37. The van der Waals surface area contributed by atoms with Crippen LogP contribution in [0.15, 0.2) is 102 Å². The van der Waals surface area contributed by atoms with Gasteiger partial charge in [0.25, 0.3) is 32.1 Å². The van der Waals surface area contributed by atoms with Crippen molar-refractivity contribution >= 4 is 98.5 Å². The summed E-state index contributed by atoms with van der Waals surface area (Å²) in [6.45, 7) is 1.54. The van der Waals surface area contributed by atoms with Crippen LogP contribution in [0.5, 0.6) is 0 Å². The molecule has 6 N–H and O–H groups in total. The van der Waals surface area contributed by atoms with Crippen molar-refractivity contribution < 1.29 is 81.5 Å². The van der Waals surface area contributed by atoms with E-state index in [1.54, 1.807) is 0 Å². The summed E-state index contributed by atoms with van der Waals surface area (Å²) in [6, 6.07) is 13.1. The maximum absolute atomic E-state index is 13.8. The maximum atomic E-state index is 13.8. The number of morpholine rings is 2. The highest BCUT2D eigenvalue weighted by Crippen LogP contribution is 2.36. The number of aliphatic hydroxyl groups is 2. The predicted molar refractivity (Wildman–Crippen MR) is 258 cm³/mol. The Balaban J connectivity index is 1.29. The highest BCUT2D eigenvalue weighted by Gasteiger charge is 2.32. The fourth-order valence-corrected chi connectivity index (χ4v) is 14.0. The van der Waals surface area contributed by atoms with Gasteiger partial charge in [-0.1, -0.05) is 0 Å². The fraction of sp³-hybridized carbons (Fsp3) is 0.333. The van der Waals surface area contributed by atoms with Gasteiger partial charge in [0.15, 0.2) is 11.5 Å². The van der Waals surface area contributed by atoms with Crippen LogP contribution in [0.1, 0.15) is 31.8 Å². The molecule has 2 heterocycles. The maximum Gasteiger partial charge on any atom is 0.295 e. The Hall–Kier alpha value is -4.66. The van der Waals surface area contributed by atoms with E-state index in [1.807, 2.05) is 0 Å². The molecule has 0 bridgehead atoms. The van der Waals surface area contributed by atoms with Crippen LogP contribution >= 0.6 is 23.5 Å². The number of aliphatic hydroxyl groups excluding tert-OH is 2. The summed E-state index contributed by atoms with van der Waals surface area (Å²) in [7, 11) is -15.9. The summed E-state index contributed by atoms with van der Waals surface area (Å²) in [4.78, 5) is 25.3. The van der Waals surface area contributed by atoms with Gasteiger partial charge in [0.1, 0.15) is 9.79 Å². The van der Waals surface area contributed by atoms with Crippen molar-refractivity contribution in [1.82, 2.24) is 8.61 Å². The van der Waals surface area contributed by atoms with Crippen LogP contribution in [0.4, 0.5) is 11.4 Å². The number of thioether (sulfide) groups is 2. The number of anilines is 2. The fourth-order valence-electron chi connectivity index (χ4n) is 6.94. The molecule has 0 atom stereocenters. The van der Waals surface area contributed by atoms with Gasteiger partial charge in [0, 0.05) is 95.3 Å². The van der Waals surface area contributed by atoms with Crippen molar-refractivity contribution in [3.8, 4) is 0 Å². The number of nitrogens with zero attached hydrogens (tertiary/aromatic N) is 2. The van der Waals surface area contributed by atoms with E-state index in [0.717, 1.165) is 36.4 Å². The molecule has 0 aliphatic carbocycles. The normalized spacial score (nSPS) is 15.8. The van der Waals surface area contributed by atoms with Gasteiger partial charge < -0.3 is 39.8 Å². The number of amides is 2. The first-order chi connectivity index (χ1) is 33.1. The summed E-state index contributed by atoms with van der Waals surface area (Å²) < 4.78 is 150.